The van der Waals surface area contributed by atoms with Crippen molar-refractivity contribution in [2.75, 3.05) is 6.54 Å². The Bertz CT molecular complexity index is 560. The molecule has 0 amide bonds. The van der Waals surface area contributed by atoms with Gasteiger partial charge in [0.1, 0.15) is 11.6 Å². The zero-order valence-electron chi connectivity index (χ0n) is 9.70. The standard InChI is InChI=1S/C13H14FN3/c1-9-16-11-8-15-7-6-13(11)17(9)12-5-3-2-4-10(12)14/h2-5,15H,6-8H2,1H3. The molecule has 0 fully saturated rings. The van der Waals surface area contributed by atoms with Crippen LogP contribution in [0.5, 0.6) is 0 Å². The van der Waals surface area contributed by atoms with Crippen LogP contribution in [0.15, 0.2) is 24.3 Å². The summed E-state index contributed by atoms with van der Waals surface area (Å²) in [6.45, 7) is 3.62. The Balaban J connectivity index is 2.21. The van der Waals surface area contributed by atoms with Crippen molar-refractivity contribution in [2.24, 2.45) is 0 Å². The molecule has 1 aromatic carbocycles. The van der Waals surface area contributed by atoms with Crippen molar-refractivity contribution in [1.29, 1.82) is 0 Å². The van der Waals surface area contributed by atoms with Gasteiger partial charge in [0.2, 0.25) is 0 Å². The summed E-state index contributed by atoms with van der Waals surface area (Å²) in [5, 5.41) is 3.28. The van der Waals surface area contributed by atoms with Gasteiger partial charge in [-0.05, 0) is 19.1 Å². The minimum Gasteiger partial charge on any atom is -0.311 e. The molecule has 88 valence electrons. The first-order valence-corrected chi connectivity index (χ1v) is 5.80. The maximum absolute atomic E-state index is 13.8. The third-order valence-electron chi connectivity index (χ3n) is 3.15. The van der Waals surface area contributed by atoms with Crippen LogP contribution in [0.3, 0.4) is 0 Å². The number of hydrogen-bond acceptors (Lipinski definition) is 2. The molecule has 1 aliphatic rings. The van der Waals surface area contributed by atoms with Crippen molar-refractivity contribution in [3.05, 3.63) is 47.3 Å². The number of nitrogens with one attached hydrogen (secondary N) is 1. The molecule has 0 saturated heterocycles. The fraction of sp³-hybridized carbons (Fsp3) is 0.308. The summed E-state index contributed by atoms with van der Waals surface area (Å²) in [6, 6.07) is 6.85. The van der Waals surface area contributed by atoms with Crippen LogP contribution in [0.1, 0.15) is 17.2 Å². The SMILES string of the molecule is Cc1nc2c(n1-c1ccccc1F)CCNC2. The van der Waals surface area contributed by atoms with E-state index in [0.29, 0.717) is 5.69 Å². The lowest BCUT2D eigenvalue weighted by Gasteiger charge is -2.16. The predicted octanol–water partition coefficient (Wildman–Crippen LogP) is 1.97. The van der Waals surface area contributed by atoms with Gasteiger partial charge in [0.05, 0.1) is 11.4 Å². The molecule has 1 aliphatic heterocycles. The summed E-state index contributed by atoms with van der Waals surface area (Å²) >= 11 is 0. The van der Waals surface area contributed by atoms with Gasteiger partial charge in [0.25, 0.3) is 0 Å². The highest BCUT2D eigenvalue weighted by Gasteiger charge is 2.19. The number of hydrogen-bond donors (Lipinski definition) is 1. The summed E-state index contributed by atoms with van der Waals surface area (Å²) in [5.74, 6) is 0.651. The lowest BCUT2D eigenvalue weighted by Crippen LogP contribution is -2.24. The second kappa shape index (κ2) is 3.96. The average Bonchev–Trinajstić information content (AvgIpc) is 2.66. The summed E-state index contributed by atoms with van der Waals surface area (Å²) in [7, 11) is 0. The van der Waals surface area contributed by atoms with Gasteiger partial charge in [-0.1, -0.05) is 12.1 Å². The van der Waals surface area contributed by atoms with Crippen molar-refractivity contribution in [3.8, 4) is 5.69 Å². The summed E-state index contributed by atoms with van der Waals surface area (Å²) in [4.78, 5) is 4.50. The predicted molar refractivity (Wildman–Crippen MR) is 63.7 cm³/mol. The van der Waals surface area contributed by atoms with Crippen molar-refractivity contribution >= 4 is 0 Å². The Kier molecular flexibility index (Phi) is 2.44. The third-order valence-corrected chi connectivity index (χ3v) is 3.15. The number of benzene rings is 1. The molecule has 1 N–H and O–H groups in total. The molecule has 3 nitrogen and oxygen atoms in total. The van der Waals surface area contributed by atoms with Gasteiger partial charge >= 0.3 is 0 Å². The molecule has 0 bridgehead atoms. The molecular weight excluding hydrogens is 217 g/mol. The molecule has 3 rings (SSSR count). The highest BCUT2D eigenvalue weighted by atomic mass is 19.1. The van der Waals surface area contributed by atoms with E-state index in [1.807, 2.05) is 17.6 Å². The van der Waals surface area contributed by atoms with Crippen LogP contribution >= 0.6 is 0 Å². The Morgan fingerprint density at radius 1 is 1.35 bits per heavy atom. The normalized spacial score (nSPS) is 14.7. The third kappa shape index (κ3) is 1.65. The molecule has 2 aromatic rings. The van der Waals surface area contributed by atoms with Crippen LogP contribution in [0.25, 0.3) is 5.69 Å². The molecule has 2 heterocycles. The lowest BCUT2D eigenvalue weighted by atomic mass is 10.1. The molecule has 0 spiro atoms. The molecular formula is C13H14FN3. The van der Waals surface area contributed by atoms with Gasteiger partial charge in [-0.3, -0.25) is 4.57 Å². The van der Waals surface area contributed by atoms with E-state index in [-0.39, 0.29) is 5.82 Å². The van der Waals surface area contributed by atoms with Gasteiger partial charge in [0, 0.05) is 25.2 Å². The Labute approximate surface area is 99.3 Å². The minimum atomic E-state index is -0.200. The number of aryl methyl sites for hydroxylation is 1. The number of rotatable bonds is 1. The van der Waals surface area contributed by atoms with Crippen molar-refractivity contribution < 1.29 is 4.39 Å². The van der Waals surface area contributed by atoms with E-state index in [1.165, 1.54) is 6.07 Å². The number of aromatic nitrogens is 2. The maximum atomic E-state index is 13.8. The number of halogens is 1. The highest BCUT2D eigenvalue weighted by molar-refractivity contribution is 5.39. The number of imidazole rings is 1. The Hall–Kier alpha value is -1.68. The molecule has 4 heteroatoms. The molecule has 0 aliphatic carbocycles. The smallest absolute Gasteiger partial charge is 0.147 e. The number of para-hydroxylation sites is 1. The molecule has 0 saturated carbocycles. The quantitative estimate of drug-likeness (QED) is 0.813. The van der Waals surface area contributed by atoms with E-state index in [9.17, 15) is 4.39 Å². The molecule has 17 heavy (non-hydrogen) atoms. The topological polar surface area (TPSA) is 29.9 Å². The molecule has 0 unspecified atom stereocenters. The van der Waals surface area contributed by atoms with E-state index in [2.05, 4.69) is 10.3 Å². The van der Waals surface area contributed by atoms with Gasteiger partial charge in [-0.2, -0.15) is 0 Å². The maximum Gasteiger partial charge on any atom is 0.147 e. The van der Waals surface area contributed by atoms with Gasteiger partial charge < -0.3 is 5.32 Å². The fourth-order valence-electron chi connectivity index (χ4n) is 2.40. The van der Waals surface area contributed by atoms with Crippen LogP contribution in [-0.2, 0) is 13.0 Å². The minimum absolute atomic E-state index is 0.200. The molecule has 0 radical (unpaired) electrons. The summed E-state index contributed by atoms with van der Waals surface area (Å²) < 4.78 is 15.8. The zero-order chi connectivity index (χ0) is 11.8. The van der Waals surface area contributed by atoms with E-state index in [0.717, 1.165) is 36.7 Å². The van der Waals surface area contributed by atoms with Crippen LogP contribution in [-0.4, -0.2) is 16.1 Å². The summed E-state index contributed by atoms with van der Waals surface area (Å²) in [6.07, 6.45) is 0.893. The first kappa shape index (κ1) is 10.5. The first-order valence-electron chi connectivity index (χ1n) is 5.80. The van der Waals surface area contributed by atoms with Crippen LogP contribution in [0.4, 0.5) is 4.39 Å². The van der Waals surface area contributed by atoms with Gasteiger partial charge in [0.15, 0.2) is 0 Å². The second-order valence-corrected chi connectivity index (χ2v) is 4.27. The van der Waals surface area contributed by atoms with Crippen LogP contribution < -0.4 is 5.32 Å². The number of nitrogens with zero attached hydrogens (tertiary/aromatic N) is 2. The first-order chi connectivity index (χ1) is 8.27. The van der Waals surface area contributed by atoms with Crippen molar-refractivity contribution in [2.45, 2.75) is 19.9 Å². The van der Waals surface area contributed by atoms with E-state index < -0.39 is 0 Å². The summed E-state index contributed by atoms with van der Waals surface area (Å²) in [5.41, 5.74) is 2.77. The fourth-order valence-corrected chi connectivity index (χ4v) is 2.40. The highest BCUT2D eigenvalue weighted by Crippen LogP contribution is 2.22. The van der Waals surface area contributed by atoms with Crippen LogP contribution in [0.2, 0.25) is 0 Å². The van der Waals surface area contributed by atoms with Gasteiger partial charge in [-0.15, -0.1) is 0 Å². The molecule has 0 atom stereocenters. The molecule has 1 aromatic heterocycles. The Morgan fingerprint density at radius 3 is 3.00 bits per heavy atom. The van der Waals surface area contributed by atoms with E-state index in [4.69, 9.17) is 0 Å². The van der Waals surface area contributed by atoms with Crippen molar-refractivity contribution in [3.63, 3.8) is 0 Å². The van der Waals surface area contributed by atoms with Crippen molar-refractivity contribution in [1.82, 2.24) is 14.9 Å². The Morgan fingerprint density at radius 2 is 2.18 bits per heavy atom. The lowest BCUT2D eigenvalue weighted by molar-refractivity contribution is 0.599. The van der Waals surface area contributed by atoms with Crippen LogP contribution in [0, 0.1) is 12.7 Å². The number of fused-ring (bicyclic) bond motifs is 1. The zero-order valence-corrected chi connectivity index (χ0v) is 9.70. The monoisotopic (exact) mass is 231 g/mol. The van der Waals surface area contributed by atoms with E-state index >= 15 is 0 Å². The van der Waals surface area contributed by atoms with Gasteiger partial charge in [-0.25, -0.2) is 9.37 Å². The van der Waals surface area contributed by atoms with E-state index in [1.54, 1.807) is 12.1 Å². The largest absolute Gasteiger partial charge is 0.311 e. The second-order valence-electron chi connectivity index (χ2n) is 4.27. The average molecular weight is 231 g/mol.